The van der Waals surface area contributed by atoms with Crippen LogP contribution in [0.1, 0.15) is 53.9 Å². The summed E-state index contributed by atoms with van der Waals surface area (Å²) in [5.74, 6) is 2.91. The average Bonchev–Trinajstić information content (AvgIpc) is 2.57. The molecule has 2 fully saturated rings. The normalized spacial score (nSPS) is 34.9. The highest BCUT2D eigenvalue weighted by molar-refractivity contribution is 6.51. The molecule has 0 aromatic rings. The lowest BCUT2D eigenvalue weighted by Crippen LogP contribution is -2.41. The molecule has 0 aromatic heterocycles. The minimum absolute atomic E-state index is 0.152. The lowest BCUT2D eigenvalue weighted by Gasteiger charge is -2.32. The smallest absolute Gasteiger partial charge is 0.400 e. The second-order valence-electron chi connectivity index (χ2n) is 6.16. The zero-order valence-electron chi connectivity index (χ0n) is 11.2. The Morgan fingerprint density at radius 3 is 2.19 bits per heavy atom. The maximum absolute atomic E-state index is 5.98. The van der Waals surface area contributed by atoms with E-state index in [0.717, 1.165) is 0 Å². The largest absolute Gasteiger partial charge is 0.487 e. The molecule has 0 spiro atoms. The third kappa shape index (κ3) is 2.08. The zero-order valence-corrected chi connectivity index (χ0v) is 11.2. The van der Waals surface area contributed by atoms with E-state index in [9.17, 15) is 0 Å². The highest BCUT2D eigenvalue weighted by Gasteiger charge is 2.50. The third-order valence-corrected chi connectivity index (χ3v) is 4.36. The molecule has 16 heavy (non-hydrogen) atoms. The van der Waals surface area contributed by atoms with Crippen LogP contribution in [0.25, 0.3) is 0 Å². The van der Waals surface area contributed by atoms with Crippen LogP contribution in [-0.4, -0.2) is 18.3 Å². The highest BCUT2D eigenvalue weighted by Crippen LogP contribution is 2.38. The molecular formula is C13H23BO2. The van der Waals surface area contributed by atoms with E-state index in [0.29, 0.717) is 5.92 Å². The van der Waals surface area contributed by atoms with Crippen LogP contribution in [0, 0.1) is 5.92 Å². The Bertz CT molecular complexity index is 291. The van der Waals surface area contributed by atoms with Crippen molar-refractivity contribution in [3.05, 3.63) is 11.5 Å². The van der Waals surface area contributed by atoms with Crippen molar-refractivity contribution in [3.63, 3.8) is 0 Å². The van der Waals surface area contributed by atoms with E-state index < -0.39 is 0 Å². The second-order valence-corrected chi connectivity index (χ2v) is 6.16. The molecule has 2 nitrogen and oxygen atoms in total. The Balaban J connectivity index is 2.09. The van der Waals surface area contributed by atoms with Gasteiger partial charge in [0.15, 0.2) is 0 Å². The Morgan fingerprint density at radius 1 is 1.19 bits per heavy atom. The van der Waals surface area contributed by atoms with Gasteiger partial charge in [0.2, 0.25) is 0 Å². The van der Waals surface area contributed by atoms with Gasteiger partial charge in [-0.1, -0.05) is 18.5 Å². The van der Waals surface area contributed by atoms with Crippen molar-refractivity contribution >= 4 is 7.12 Å². The van der Waals surface area contributed by atoms with Gasteiger partial charge in [-0.15, -0.1) is 0 Å². The van der Waals surface area contributed by atoms with Gasteiger partial charge in [-0.2, -0.15) is 0 Å². The molecule has 0 amide bonds. The summed E-state index contributed by atoms with van der Waals surface area (Å²) in [4.78, 5) is 0. The van der Waals surface area contributed by atoms with Gasteiger partial charge in [-0.05, 0) is 52.9 Å². The Morgan fingerprint density at radius 2 is 1.75 bits per heavy atom. The maximum atomic E-state index is 5.98. The molecule has 1 atom stereocenters. The van der Waals surface area contributed by atoms with Gasteiger partial charge in [-0.25, -0.2) is 0 Å². The van der Waals surface area contributed by atoms with Crippen LogP contribution in [0.2, 0.25) is 0 Å². The van der Waals surface area contributed by atoms with Crippen molar-refractivity contribution in [1.29, 1.82) is 0 Å². The summed E-state index contributed by atoms with van der Waals surface area (Å²) in [6.45, 7) is 10.7. The second kappa shape index (κ2) is 3.88. The monoisotopic (exact) mass is 222 g/mol. The molecule has 90 valence electrons. The fraction of sp³-hybridized carbons (Fsp3) is 0.846. The highest BCUT2D eigenvalue weighted by atomic mass is 16.7. The van der Waals surface area contributed by atoms with Gasteiger partial charge in [0.1, 0.15) is 0 Å². The Labute approximate surface area is 99.5 Å². The summed E-state index contributed by atoms with van der Waals surface area (Å²) in [5, 5.41) is 0. The van der Waals surface area contributed by atoms with Crippen molar-refractivity contribution in [2.45, 2.75) is 65.1 Å². The lowest BCUT2D eigenvalue weighted by molar-refractivity contribution is 0.00578. The van der Waals surface area contributed by atoms with E-state index in [-0.39, 0.29) is 18.3 Å². The summed E-state index contributed by atoms with van der Waals surface area (Å²) >= 11 is 0. The summed E-state index contributed by atoms with van der Waals surface area (Å²) in [7, 11) is -0.152. The standard InChI is InChI=1S/C13H23BO2/c1-10-7-6-8-11(10)9-14-15-12(2,3)13(4,5)16-14/h9-10H,6-8H2,1-5H3/b11-9-. The molecule has 1 saturated heterocycles. The Kier molecular flexibility index (Phi) is 2.96. The van der Waals surface area contributed by atoms with Gasteiger partial charge < -0.3 is 9.31 Å². The predicted molar refractivity (Wildman–Crippen MR) is 67.2 cm³/mol. The fourth-order valence-corrected chi connectivity index (χ4v) is 2.42. The van der Waals surface area contributed by atoms with Crippen LogP contribution < -0.4 is 0 Å². The first-order chi connectivity index (χ1) is 7.32. The van der Waals surface area contributed by atoms with Crippen molar-refractivity contribution in [2.75, 3.05) is 0 Å². The molecule has 0 N–H and O–H groups in total. The number of hydrogen-bond donors (Lipinski definition) is 0. The molecule has 1 heterocycles. The minimum atomic E-state index is -0.212. The minimum Gasteiger partial charge on any atom is -0.400 e. The summed E-state index contributed by atoms with van der Waals surface area (Å²) < 4.78 is 12.0. The number of allylic oxidation sites excluding steroid dienone is 1. The predicted octanol–water partition coefficient (Wildman–Crippen LogP) is 3.36. The molecule has 2 rings (SSSR count). The van der Waals surface area contributed by atoms with E-state index in [1.165, 1.54) is 24.8 Å². The van der Waals surface area contributed by atoms with Crippen molar-refractivity contribution in [2.24, 2.45) is 5.92 Å². The van der Waals surface area contributed by atoms with E-state index >= 15 is 0 Å². The molecular weight excluding hydrogens is 199 g/mol. The molecule has 1 saturated carbocycles. The van der Waals surface area contributed by atoms with E-state index in [2.05, 4.69) is 40.6 Å². The third-order valence-electron chi connectivity index (χ3n) is 4.36. The van der Waals surface area contributed by atoms with Gasteiger partial charge in [0.05, 0.1) is 11.2 Å². The van der Waals surface area contributed by atoms with Gasteiger partial charge in [0, 0.05) is 0 Å². The molecule has 3 heteroatoms. The van der Waals surface area contributed by atoms with Gasteiger partial charge in [-0.3, -0.25) is 0 Å². The molecule has 1 aliphatic heterocycles. The maximum Gasteiger partial charge on any atom is 0.487 e. The molecule has 0 bridgehead atoms. The van der Waals surface area contributed by atoms with Crippen LogP contribution in [0.15, 0.2) is 11.5 Å². The molecule has 1 unspecified atom stereocenters. The fourth-order valence-electron chi connectivity index (χ4n) is 2.42. The quantitative estimate of drug-likeness (QED) is 0.633. The van der Waals surface area contributed by atoms with E-state index in [4.69, 9.17) is 9.31 Å². The SMILES string of the molecule is CC1CCC/C1=C/B1OC(C)(C)C(C)(C)O1. The summed E-state index contributed by atoms with van der Waals surface area (Å²) in [6, 6.07) is 0. The first-order valence-corrected chi connectivity index (χ1v) is 6.38. The van der Waals surface area contributed by atoms with Crippen LogP contribution >= 0.6 is 0 Å². The number of hydrogen-bond acceptors (Lipinski definition) is 2. The van der Waals surface area contributed by atoms with Crippen LogP contribution in [0.3, 0.4) is 0 Å². The van der Waals surface area contributed by atoms with E-state index in [1.54, 1.807) is 0 Å². The molecule has 2 aliphatic rings. The van der Waals surface area contributed by atoms with E-state index in [1.807, 2.05) is 0 Å². The first-order valence-electron chi connectivity index (χ1n) is 6.38. The van der Waals surface area contributed by atoms with Crippen molar-refractivity contribution in [3.8, 4) is 0 Å². The zero-order chi connectivity index (χ0) is 12.0. The Hall–Kier alpha value is -0.275. The lowest BCUT2D eigenvalue weighted by atomic mass is 9.84. The summed E-state index contributed by atoms with van der Waals surface area (Å²) in [6.07, 6.45) is 3.84. The number of rotatable bonds is 1. The van der Waals surface area contributed by atoms with Crippen LogP contribution in [0.5, 0.6) is 0 Å². The van der Waals surface area contributed by atoms with Crippen molar-refractivity contribution < 1.29 is 9.31 Å². The molecule has 0 aromatic carbocycles. The topological polar surface area (TPSA) is 18.5 Å². The molecule has 0 radical (unpaired) electrons. The average molecular weight is 222 g/mol. The first kappa shape index (κ1) is 12.2. The summed E-state index contributed by atoms with van der Waals surface area (Å²) in [5.41, 5.74) is 1.09. The van der Waals surface area contributed by atoms with Gasteiger partial charge >= 0.3 is 7.12 Å². The molecule has 1 aliphatic carbocycles. The van der Waals surface area contributed by atoms with Crippen LogP contribution in [-0.2, 0) is 9.31 Å². The van der Waals surface area contributed by atoms with Gasteiger partial charge in [0.25, 0.3) is 0 Å². The van der Waals surface area contributed by atoms with Crippen molar-refractivity contribution in [1.82, 2.24) is 0 Å². The van der Waals surface area contributed by atoms with Crippen LogP contribution in [0.4, 0.5) is 0 Å².